The van der Waals surface area contributed by atoms with Crippen LogP contribution in [0.3, 0.4) is 0 Å². The zero-order valence-electron chi connectivity index (χ0n) is 18.9. The molecule has 0 aliphatic carbocycles. The molecule has 0 radical (unpaired) electrons. The maximum Gasteiger partial charge on any atom is 0.191 e. The molecular weight excluding hydrogens is 501 g/mol. The molecule has 2 fully saturated rings. The maximum atomic E-state index is 5.44. The largest absolute Gasteiger partial charge is 0.359 e. The first-order valence-electron chi connectivity index (χ1n) is 11.4. The Kier molecular flexibility index (Phi) is 8.77. The summed E-state index contributed by atoms with van der Waals surface area (Å²) in [5.41, 5.74) is 2.41. The van der Waals surface area contributed by atoms with Crippen molar-refractivity contribution in [3.05, 3.63) is 53.4 Å². The molecule has 2 aliphatic heterocycles. The van der Waals surface area contributed by atoms with E-state index in [4.69, 9.17) is 9.52 Å². The van der Waals surface area contributed by atoms with Gasteiger partial charge in [0.1, 0.15) is 6.54 Å². The van der Waals surface area contributed by atoms with Crippen molar-refractivity contribution in [1.82, 2.24) is 20.7 Å². The molecule has 3 heterocycles. The summed E-state index contributed by atoms with van der Waals surface area (Å²) in [6.45, 7) is 8.77. The third kappa shape index (κ3) is 6.22. The number of hydrogen-bond donors (Lipinski definition) is 2. The number of nitrogens with one attached hydrogen (secondary N) is 2. The van der Waals surface area contributed by atoms with Crippen LogP contribution in [0.2, 0.25) is 0 Å². The van der Waals surface area contributed by atoms with Crippen molar-refractivity contribution in [3.63, 3.8) is 0 Å². The van der Waals surface area contributed by atoms with Crippen LogP contribution in [0, 0.1) is 0 Å². The summed E-state index contributed by atoms with van der Waals surface area (Å²) >= 11 is 0. The minimum atomic E-state index is 0. The van der Waals surface area contributed by atoms with Gasteiger partial charge in [-0.3, -0.25) is 4.90 Å². The van der Waals surface area contributed by atoms with E-state index < -0.39 is 0 Å². The second-order valence-electron chi connectivity index (χ2n) is 8.92. The molecule has 2 aliphatic rings. The molecule has 7 heteroatoms. The summed E-state index contributed by atoms with van der Waals surface area (Å²) in [5, 5.41) is 11.2. The molecule has 6 nitrogen and oxygen atoms in total. The maximum absolute atomic E-state index is 5.44. The van der Waals surface area contributed by atoms with Gasteiger partial charge in [-0.1, -0.05) is 49.3 Å². The number of piperidine rings is 1. The monoisotopic (exact) mass is 537 g/mol. The Hall–Kier alpha value is -1.61. The Labute approximate surface area is 203 Å². The van der Waals surface area contributed by atoms with Crippen LogP contribution in [0.1, 0.15) is 69.4 Å². The van der Waals surface area contributed by atoms with Gasteiger partial charge in [0, 0.05) is 37.3 Å². The number of nitrogens with zero attached hydrogens (tertiary/aromatic N) is 3. The molecule has 1 aromatic heterocycles. The fourth-order valence-electron chi connectivity index (χ4n) is 4.79. The highest BCUT2D eigenvalue weighted by Crippen LogP contribution is 2.36. The molecule has 4 rings (SSSR count). The summed E-state index contributed by atoms with van der Waals surface area (Å²) in [6.07, 6.45) is 4.96. The lowest BCUT2D eigenvalue weighted by Gasteiger charge is -2.39. The minimum Gasteiger partial charge on any atom is -0.359 e. The first kappa shape index (κ1) is 24.0. The second-order valence-corrected chi connectivity index (χ2v) is 8.92. The highest BCUT2D eigenvalue weighted by atomic mass is 127. The lowest BCUT2D eigenvalue weighted by Crippen LogP contribution is -2.52. The molecule has 2 N–H and O–H groups in total. The molecule has 170 valence electrons. The van der Waals surface area contributed by atoms with Crippen molar-refractivity contribution in [3.8, 4) is 0 Å². The standard InChI is InChI=1S/C24H35N5O.HI/c1-4-25-24(26-15-22-14-23(17(2)3)28-30-22)27-19-12-20-10-11-21(13-19)29(20)16-18-8-6-5-7-9-18;/h5-9,14,17,19-21H,4,10-13,15-16H2,1-3H3,(H2,25,26,27);1H. The molecule has 2 bridgehead atoms. The SMILES string of the molecule is CCNC(=NCc1cc(C(C)C)no1)NC1CC2CCC(C1)N2Cc1ccccc1.I. The molecule has 2 atom stereocenters. The summed E-state index contributed by atoms with van der Waals surface area (Å²) in [7, 11) is 0. The van der Waals surface area contributed by atoms with Gasteiger partial charge in [0.25, 0.3) is 0 Å². The normalized spacial score (nSPS) is 23.6. The van der Waals surface area contributed by atoms with Crippen LogP contribution < -0.4 is 10.6 Å². The molecule has 0 saturated carbocycles. The molecule has 2 aromatic rings. The van der Waals surface area contributed by atoms with Crippen molar-refractivity contribution in [2.75, 3.05) is 6.54 Å². The fraction of sp³-hybridized carbons (Fsp3) is 0.583. The lowest BCUT2D eigenvalue weighted by molar-refractivity contribution is 0.114. The van der Waals surface area contributed by atoms with Gasteiger partial charge in [0.05, 0.1) is 5.69 Å². The average molecular weight is 537 g/mol. The van der Waals surface area contributed by atoms with Crippen molar-refractivity contribution in [2.24, 2.45) is 4.99 Å². The van der Waals surface area contributed by atoms with Gasteiger partial charge in [-0.05, 0) is 44.1 Å². The van der Waals surface area contributed by atoms with Gasteiger partial charge in [-0.15, -0.1) is 24.0 Å². The van der Waals surface area contributed by atoms with Crippen LogP contribution in [0.4, 0.5) is 0 Å². The topological polar surface area (TPSA) is 65.7 Å². The number of rotatable bonds is 7. The molecular formula is C24H36IN5O. The number of guanidine groups is 1. The van der Waals surface area contributed by atoms with Crippen LogP contribution in [-0.2, 0) is 13.1 Å². The fourth-order valence-corrected chi connectivity index (χ4v) is 4.79. The van der Waals surface area contributed by atoms with Crippen molar-refractivity contribution >= 4 is 29.9 Å². The van der Waals surface area contributed by atoms with Gasteiger partial charge in [-0.2, -0.15) is 0 Å². The Bertz CT molecular complexity index is 824. The predicted molar refractivity (Wildman–Crippen MR) is 136 cm³/mol. The Balaban J connectivity index is 0.00000272. The number of halogens is 1. The number of fused-ring (bicyclic) bond motifs is 2. The minimum absolute atomic E-state index is 0. The van der Waals surface area contributed by atoms with E-state index in [1.165, 1.54) is 31.2 Å². The molecule has 0 spiro atoms. The quantitative estimate of drug-likeness (QED) is 0.306. The van der Waals surface area contributed by atoms with Gasteiger partial charge >= 0.3 is 0 Å². The van der Waals surface area contributed by atoms with Gasteiger partial charge in [0.15, 0.2) is 11.7 Å². The summed E-state index contributed by atoms with van der Waals surface area (Å²) in [6, 6.07) is 14.7. The third-order valence-corrected chi connectivity index (χ3v) is 6.34. The van der Waals surface area contributed by atoms with E-state index in [9.17, 15) is 0 Å². The van der Waals surface area contributed by atoms with Gasteiger partial charge < -0.3 is 15.2 Å². The highest BCUT2D eigenvalue weighted by Gasteiger charge is 2.40. The number of aliphatic imine (C=N–C) groups is 1. The molecule has 2 unspecified atom stereocenters. The van der Waals surface area contributed by atoms with Crippen LogP contribution in [0.5, 0.6) is 0 Å². The van der Waals surface area contributed by atoms with E-state index in [1.807, 2.05) is 6.07 Å². The Morgan fingerprint density at radius 1 is 1.19 bits per heavy atom. The molecule has 2 saturated heterocycles. The predicted octanol–water partition coefficient (Wildman–Crippen LogP) is 4.67. The van der Waals surface area contributed by atoms with E-state index in [0.717, 1.165) is 30.5 Å². The molecule has 0 amide bonds. The van der Waals surface area contributed by atoms with Gasteiger partial charge in [0.2, 0.25) is 0 Å². The molecule has 31 heavy (non-hydrogen) atoms. The third-order valence-electron chi connectivity index (χ3n) is 6.34. The van der Waals surface area contributed by atoms with E-state index in [-0.39, 0.29) is 24.0 Å². The van der Waals surface area contributed by atoms with Crippen molar-refractivity contribution < 1.29 is 4.52 Å². The summed E-state index contributed by atoms with van der Waals surface area (Å²) in [4.78, 5) is 7.48. The van der Waals surface area contributed by atoms with Crippen molar-refractivity contribution in [2.45, 2.75) is 83.6 Å². The average Bonchev–Trinajstić information content (AvgIpc) is 3.30. The Morgan fingerprint density at radius 3 is 2.52 bits per heavy atom. The second kappa shape index (κ2) is 11.3. The van der Waals surface area contributed by atoms with Crippen LogP contribution >= 0.6 is 24.0 Å². The van der Waals surface area contributed by atoms with Crippen LogP contribution in [-0.4, -0.2) is 40.7 Å². The van der Waals surface area contributed by atoms with E-state index in [0.29, 0.717) is 30.6 Å². The first-order chi connectivity index (χ1) is 14.6. The Morgan fingerprint density at radius 2 is 1.90 bits per heavy atom. The van der Waals surface area contributed by atoms with Gasteiger partial charge in [-0.25, -0.2) is 4.99 Å². The lowest BCUT2D eigenvalue weighted by atomic mass is 9.96. The van der Waals surface area contributed by atoms with E-state index in [1.54, 1.807) is 0 Å². The highest BCUT2D eigenvalue weighted by molar-refractivity contribution is 14.0. The molecule has 1 aromatic carbocycles. The zero-order valence-corrected chi connectivity index (χ0v) is 21.2. The number of hydrogen-bond acceptors (Lipinski definition) is 4. The number of benzene rings is 1. The summed E-state index contributed by atoms with van der Waals surface area (Å²) in [5.74, 6) is 2.06. The smallest absolute Gasteiger partial charge is 0.191 e. The zero-order chi connectivity index (χ0) is 20.9. The van der Waals surface area contributed by atoms with Crippen LogP contribution in [0.25, 0.3) is 0 Å². The van der Waals surface area contributed by atoms with E-state index in [2.05, 4.69) is 71.8 Å². The van der Waals surface area contributed by atoms with E-state index >= 15 is 0 Å². The van der Waals surface area contributed by atoms with Crippen LogP contribution in [0.15, 0.2) is 45.9 Å². The number of aromatic nitrogens is 1. The summed E-state index contributed by atoms with van der Waals surface area (Å²) < 4.78 is 5.44. The van der Waals surface area contributed by atoms with Crippen molar-refractivity contribution in [1.29, 1.82) is 0 Å². The first-order valence-corrected chi connectivity index (χ1v) is 11.4.